The van der Waals surface area contributed by atoms with Gasteiger partial charge in [0.1, 0.15) is 14.2 Å². The largest absolute Gasteiger partial charge is 0.337 e. The van der Waals surface area contributed by atoms with Crippen LogP contribution in [0.5, 0.6) is 0 Å². The van der Waals surface area contributed by atoms with Crippen molar-refractivity contribution in [1.29, 1.82) is 0 Å². The van der Waals surface area contributed by atoms with Crippen molar-refractivity contribution in [3.63, 3.8) is 0 Å². The number of hydrogen-bond donors (Lipinski definition) is 1. The molecule has 2 aliphatic heterocycles. The van der Waals surface area contributed by atoms with Crippen molar-refractivity contribution in [1.82, 2.24) is 9.99 Å². The molecule has 0 saturated heterocycles. The standard InChI is InChI=1S/C21H16N4O2S2/c1-12-16(18(26)23-22-12)20-25(13-8-4-3-5-9-13)19(27)17(29-20)21-24(2)14-10-6-7-11-15(14)28-21/h3-11H,1-2H3,(H,23,26). The van der Waals surface area contributed by atoms with Gasteiger partial charge in [-0.15, -0.1) is 11.3 Å². The van der Waals surface area contributed by atoms with Gasteiger partial charge in [0, 0.05) is 11.9 Å². The highest BCUT2D eigenvalue weighted by atomic mass is 32.2. The van der Waals surface area contributed by atoms with Crippen LogP contribution in [0, 0.1) is 0 Å². The number of aromatic nitrogens is 1. The lowest BCUT2D eigenvalue weighted by Crippen LogP contribution is -2.34. The van der Waals surface area contributed by atoms with Crippen molar-refractivity contribution in [2.45, 2.75) is 11.8 Å². The molecule has 0 bridgehead atoms. The number of amides is 1. The summed E-state index contributed by atoms with van der Waals surface area (Å²) in [4.78, 5) is 29.2. The molecule has 1 aromatic heterocycles. The van der Waals surface area contributed by atoms with Crippen molar-refractivity contribution in [3.05, 3.63) is 74.1 Å². The quantitative estimate of drug-likeness (QED) is 0.653. The Hall–Kier alpha value is -3.10. The Bertz CT molecular complexity index is 1370. The normalized spacial score (nSPS) is 19.3. The van der Waals surface area contributed by atoms with Crippen LogP contribution in [0.3, 0.4) is 0 Å². The molecular formula is C21H16N4O2S2. The summed E-state index contributed by atoms with van der Waals surface area (Å²) in [7, 11) is 1.96. The number of nitrogens with zero attached hydrogens (tertiary/aromatic N) is 3. The van der Waals surface area contributed by atoms with Crippen LogP contribution >= 0.6 is 23.1 Å². The number of carbonyl (C=O) groups is 1. The highest BCUT2D eigenvalue weighted by Crippen LogP contribution is 2.44. The molecule has 5 rings (SSSR count). The third-order valence-corrected chi connectivity index (χ3v) is 7.39. The summed E-state index contributed by atoms with van der Waals surface area (Å²) < 4.78 is 2.81. The van der Waals surface area contributed by atoms with E-state index >= 15 is 0 Å². The highest BCUT2D eigenvalue weighted by Gasteiger charge is 2.27. The molecule has 1 N–H and O–H groups in total. The number of nitrogens with one attached hydrogen (secondary N) is 1. The van der Waals surface area contributed by atoms with Crippen LogP contribution in [0.15, 0.2) is 69.4 Å². The van der Waals surface area contributed by atoms with Gasteiger partial charge in [0.2, 0.25) is 0 Å². The number of thiazole rings is 1. The average molecular weight is 421 g/mol. The second kappa shape index (κ2) is 6.75. The van der Waals surface area contributed by atoms with E-state index in [4.69, 9.17) is 0 Å². The van der Waals surface area contributed by atoms with Gasteiger partial charge >= 0.3 is 0 Å². The minimum absolute atomic E-state index is 0.140. The first kappa shape index (κ1) is 18.0. The number of hydrazone groups is 1. The summed E-state index contributed by atoms with van der Waals surface area (Å²) >= 11 is 2.90. The van der Waals surface area contributed by atoms with E-state index in [-0.39, 0.29) is 11.5 Å². The van der Waals surface area contributed by atoms with Crippen molar-refractivity contribution in [3.8, 4) is 5.69 Å². The molecule has 6 nitrogen and oxygen atoms in total. The van der Waals surface area contributed by atoms with Crippen LogP contribution < -0.4 is 25.1 Å². The summed E-state index contributed by atoms with van der Waals surface area (Å²) in [5.41, 5.74) is 5.16. The molecule has 0 unspecified atom stereocenters. The first-order chi connectivity index (χ1) is 14.1. The maximum absolute atomic E-state index is 13.6. The molecule has 0 spiro atoms. The summed E-state index contributed by atoms with van der Waals surface area (Å²) in [6.45, 7) is 1.77. The van der Waals surface area contributed by atoms with Crippen LogP contribution in [0.25, 0.3) is 16.3 Å². The minimum atomic E-state index is -0.291. The Kier molecular flexibility index (Phi) is 4.18. The lowest BCUT2D eigenvalue weighted by molar-refractivity contribution is -0.115. The van der Waals surface area contributed by atoms with Gasteiger partial charge < -0.3 is 4.90 Å². The molecule has 0 saturated carbocycles. The van der Waals surface area contributed by atoms with Crippen LogP contribution in [0.4, 0.5) is 5.69 Å². The van der Waals surface area contributed by atoms with Crippen molar-refractivity contribution >= 4 is 51.0 Å². The smallest absolute Gasteiger partial charge is 0.276 e. The predicted molar refractivity (Wildman–Crippen MR) is 118 cm³/mol. The second-order valence-electron chi connectivity index (χ2n) is 6.66. The number of anilines is 1. The third kappa shape index (κ3) is 2.75. The summed E-state index contributed by atoms with van der Waals surface area (Å²) in [5, 5.41) is 4.91. The van der Waals surface area contributed by atoms with E-state index in [0.29, 0.717) is 20.5 Å². The Morgan fingerprint density at radius 1 is 1.00 bits per heavy atom. The van der Waals surface area contributed by atoms with Crippen LogP contribution in [0.1, 0.15) is 6.92 Å². The van der Waals surface area contributed by atoms with E-state index in [1.165, 1.54) is 11.3 Å². The monoisotopic (exact) mass is 420 g/mol. The number of rotatable bonds is 1. The zero-order chi connectivity index (χ0) is 20.1. The SMILES string of the molecule is CC1=NNC(=O)C1=c1sc(=C2Sc3ccccc3N2C)c(=O)n1-c1ccccc1. The fourth-order valence-corrected chi connectivity index (χ4v) is 6.00. The van der Waals surface area contributed by atoms with Crippen molar-refractivity contribution < 1.29 is 4.79 Å². The first-order valence-corrected chi connectivity index (χ1v) is 10.6. The Balaban J connectivity index is 1.89. The zero-order valence-electron chi connectivity index (χ0n) is 15.7. The zero-order valence-corrected chi connectivity index (χ0v) is 17.3. The molecule has 3 heterocycles. The molecule has 8 heteroatoms. The lowest BCUT2D eigenvalue weighted by atomic mass is 10.2. The molecule has 29 heavy (non-hydrogen) atoms. The minimum Gasteiger partial charge on any atom is -0.337 e. The van der Waals surface area contributed by atoms with Gasteiger partial charge in [0.15, 0.2) is 0 Å². The topological polar surface area (TPSA) is 66.7 Å². The number of hydrogen-bond acceptors (Lipinski definition) is 6. The Morgan fingerprint density at radius 3 is 2.41 bits per heavy atom. The third-order valence-electron chi connectivity index (χ3n) is 4.87. The molecule has 2 aliphatic rings. The number of benzene rings is 2. The van der Waals surface area contributed by atoms with E-state index in [0.717, 1.165) is 21.3 Å². The van der Waals surface area contributed by atoms with E-state index < -0.39 is 0 Å². The first-order valence-electron chi connectivity index (χ1n) is 8.98. The van der Waals surface area contributed by atoms with E-state index in [1.807, 2.05) is 66.5 Å². The molecule has 0 fully saturated rings. The van der Waals surface area contributed by atoms with Crippen molar-refractivity contribution in [2.24, 2.45) is 5.10 Å². The molecule has 144 valence electrons. The van der Waals surface area contributed by atoms with Gasteiger partial charge in [-0.2, -0.15) is 5.10 Å². The van der Waals surface area contributed by atoms with Crippen LogP contribution in [-0.4, -0.2) is 23.2 Å². The maximum Gasteiger partial charge on any atom is 0.276 e. The number of carbonyl (C=O) groups excluding carboxylic acids is 1. The Labute approximate surface area is 174 Å². The molecule has 0 atom stereocenters. The van der Waals surface area contributed by atoms with Crippen LogP contribution in [-0.2, 0) is 4.79 Å². The van der Waals surface area contributed by atoms with Gasteiger partial charge in [-0.1, -0.05) is 42.1 Å². The predicted octanol–water partition coefficient (Wildman–Crippen LogP) is 1.86. The van der Waals surface area contributed by atoms with E-state index in [9.17, 15) is 9.59 Å². The van der Waals surface area contributed by atoms with Gasteiger partial charge in [-0.3, -0.25) is 14.2 Å². The molecule has 3 aromatic rings. The van der Waals surface area contributed by atoms with E-state index in [1.54, 1.807) is 23.3 Å². The van der Waals surface area contributed by atoms with Crippen LogP contribution in [0.2, 0.25) is 0 Å². The van der Waals surface area contributed by atoms with Gasteiger partial charge in [0.05, 0.1) is 22.7 Å². The average Bonchev–Trinajstić information content (AvgIpc) is 3.36. The summed E-state index contributed by atoms with van der Waals surface area (Å²) in [6, 6.07) is 17.4. The van der Waals surface area contributed by atoms with E-state index in [2.05, 4.69) is 10.5 Å². The number of para-hydroxylation sites is 2. The number of thioether (sulfide) groups is 1. The van der Waals surface area contributed by atoms with Gasteiger partial charge in [-0.05, 0) is 31.2 Å². The lowest BCUT2D eigenvalue weighted by Gasteiger charge is -2.11. The maximum atomic E-state index is 13.6. The fourth-order valence-electron chi connectivity index (χ4n) is 3.45. The second-order valence-corrected chi connectivity index (χ2v) is 8.69. The molecule has 1 amide bonds. The van der Waals surface area contributed by atoms with Gasteiger partial charge in [-0.25, -0.2) is 5.43 Å². The molecule has 0 aliphatic carbocycles. The molecule has 2 aromatic carbocycles. The Morgan fingerprint density at radius 2 is 1.72 bits per heavy atom. The van der Waals surface area contributed by atoms with Gasteiger partial charge in [0.25, 0.3) is 11.5 Å². The number of fused-ring (bicyclic) bond motifs is 1. The summed E-state index contributed by atoms with van der Waals surface area (Å²) in [6.07, 6.45) is 0. The molecular weight excluding hydrogens is 404 g/mol. The highest BCUT2D eigenvalue weighted by molar-refractivity contribution is 8.08. The fraction of sp³-hybridized carbons (Fsp3) is 0.0952. The molecule has 0 radical (unpaired) electrons. The van der Waals surface area contributed by atoms with Crippen molar-refractivity contribution in [2.75, 3.05) is 11.9 Å². The summed E-state index contributed by atoms with van der Waals surface area (Å²) in [5.74, 6) is -0.291.